The van der Waals surface area contributed by atoms with Crippen LogP contribution in [0.4, 0.5) is 0 Å². The topological polar surface area (TPSA) is 102 Å². The van der Waals surface area contributed by atoms with Gasteiger partial charge in [-0.05, 0) is 29.8 Å². The number of tetrazole rings is 1. The van der Waals surface area contributed by atoms with Crippen molar-refractivity contribution in [1.29, 1.82) is 0 Å². The Morgan fingerprint density at radius 2 is 2.00 bits per heavy atom. The second-order valence-corrected chi connectivity index (χ2v) is 6.61. The molecule has 3 heterocycles. The number of aliphatic hydroxyl groups excluding tert-OH is 1. The Hall–Kier alpha value is -3.07. The fourth-order valence-electron chi connectivity index (χ4n) is 3.18. The Morgan fingerprint density at radius 3 is 2.67 bits per heavy atom. The van der Waals surface area contributed by atoms with Gasteiger partial charge in [-0.15, -0.1) is 10.2 Å². The summed E-state index contributed by atoms with van der Waals surface area (Å²) >= 11 is 0. The summed E-state index contributed by atoms with van der Waals surface area (Å²) in [5, 5.41) is 26.4. The number of nitrogens with zero attached hydrogens (tertiary/aromatic N) is 7. The van der Waals surface area contributed by atoms with Gasteiger partial charge in [-0.3, -0.25) is 9.48 Å². The lowest BCUT2D eigenvalue weighted by atomic mass is 10.1. The van der Waals surface area contributed by atoms with E-state index in [0.29, 0.717) is 43.1 Å². The maximum atomic E-state index is 12.9. The maximum Gasteiger partial charge on any atom is 0.254 e. The molecule has 9 heteroatoms. The number of hydrogen-bond acceptors (Lipinski definition) is 6. The van der Waals surface area contributed by atoms with Gasteiger partial charge in [0.15, 0.2) is 0 Å². The summed E-state index contributed by atoms with van der Waals surface area (Å²) in [6.07, 6.45) is 0.0565. The summed E-state index contributed by atoms with van der Waals surface area (Å²) in [4.78, 5) is 16.1. The van der Waals surface area contributed by atoms with Crippen LogP contribution in [0.2, 0.25) is 0 Å². The van der Waals surface area contributed by atoms with Crippen molar-refractivity contribution in [2.45, 2.75) is 32.5 Å². The molecule has 9 nitrogen and oxygen atoms in total. The molecule has 0 saturated carbocycles. The fraction of sp³-hybridized carbons (Fsp3) is 0.389. The minimum Gasteiger partial charge on any atom is -0.387 e. The number of aryl methyl sites for hydroxylation is 1. The molecule has 3 aromatic rings. The predicted octanol–water partition coefficient (Wildman–Crippen LogP) is 1.17. The molecule has 1 N–H and O–H groups in total. The molecule has 1 aliphatic heterocycles. The monoisotopic (exact) mass is 367 g/mol. The first-order valence-corrected chi connectivity index (χ1v) is 8.93. The summed E-state index contributed by atoms with van der Waals surface area (Å²) in [5.74, 6) is 0.499. The van der Waals surface area contributed by atoms with Crippen LogP contribution in [0.5, 0.6) is 0 Å². The van der Waals surface area contributed by atoms with Crippen LogP contribution in [0, 0.1) is 0 Å². The average molecular weight is 367 g/mol. The van der Waals surface area contributed by atoms with E-state index < -0.39 is 6.10 Å². The number of aliphatic hydroxyl groups is 1. The third-order valence-corrected chi connectivity index (χ3v) is 4.73. The zero-order valence-electron chi connectivity index (χ0n) is 15.3. The van der Waals surface area contributed by atoms with Gasteiger partial charge in [-0.2, -0.15) is 9.90 Å². The molecule has 27 heavy (non-hydrogen) atoms. The molecule has 140 valence electrons. The Kier molecular flexibility index (Phi) is 4.44. The first-order chi connectivity index (χ1) is 13.0. The van der Waals surface area contributed by atoms with Crippen molar-refractivity contribution >= 4 is 5.91 Å². The molecule has 1 aliphatic rings. The molecule has 0 fully saturated rings. The first-order valence-electron chi connectivity index (χ1n) is 8.93. The number of amides is 1. The average Bonchev–Trinajstić information content (AvgIpc) is 3.32. The van der Waals surface area contributed by atoms with Gasteiger partial charge in [0.1, 0.15) is 0 Å². The van der Waals surface area contributed by atoms with Gasteiger partial charge in [-0.25, -0.2) is 0 Å². The van der Waals surface area contributed by atoms with Crippen LogP contribution in [0.1, 0.15) is 41.2 Å². The zero-order valence-corrected chi connectivity index (χ0v) is 15.3. The Morgan fingerprint density at radius 1 is 1.22 bits per heavy atom. The van der Waals surface area contributed by atoms with E-state index in [1.807, 2.05) is 29.8 Å². The summed E-state index contributed by atoms with van der Waals surface area (Å²) in [6, 6.07) is 9.11. The highest BCUT2D eigenvalue weighted by Gasteiger charge is 2.24. The van der Waals surface area contributed by atoms with Gasteiger partial charge < -0.3 is 10.0 Å². The van der Waals surface area contributed by atoms with E-state index in [0.717, 1.165) is 11.3 Å². The molecular formula is C18H21N7O2. The van der Waals surface area contributed by atoms with Crippen LogP contribution in [0.15, 0.2) is 30.3 Å². The van der Waals surface area contributed by atoms with E-state index in [1.165, 1.54) is 4.80 Å². The molecule has 1 aromatic carbocycles. The molecule has 4 rings (SSSR count). The van der Waals surface area contributed by atoms with Gasteiger partial charge in [0, 0.05) is 17.7 Å². The van der Waals surface area contributed by atoms with Crippen molar-refractivity contribution in [2.75, 3.05) is 6.54 Å². The van der Waals surface area contributed by atoms with Gasteiger partial charge in [-0.1, -0.05) is 19.1 Å². The highest BCUT2D eigenvalue weighted by Crippen LogP contribution is 2.22. The lowest BCUT2D eigenvalue weighted by molar-refractivity contribution is 0.0705. The number of benzene rings is 1. The second kappa shape index (κ2) is 6.92. The Labute approximate surface area is 156 Å². The fourth-order valence-corrected chi connectivity index (χ4v) is 3.18. The third kappa shape index (κ3) is 3.33. The van der Waals surface area contributed by atoms with Crippen molar-refractivity contribution in [2.24, 2.45) is 7.05 Å². The Bertz CT molecular complexity index is 961. The number of rotatable bonds is 4. The molecule has 0 aliphatic carbocycles. The molecule has 0 unspecified atom stereocenters. The summed E-state index contributed by atoms with van der Waals surface area (Å²) in [6.45, 7) is 3.61. The molecule has 0 spiro atoms. The standard InChI is InChI=1S/C18H21N7O2/c1-3-16(26)15-10-14-11-24(8-9-25(14)20-15)18(27)13-6-4-12(5-7-13)17-19-22-23(2)21-17/h4-7,10,16,26H,3,8-9,11H2,1-2H3/t16-/m0/s1. The Balaban J connectivity index is 1.49. The van der Waals surface area contributed by atoms with Crippen LogP contribution in [-0.2, 0) is 20.1 Å². The van der Waals surface area contributed by atoms with E-state index >= 15 is 0 Å². The minimum atomic E-state index is -0.561. The van der Waals surface area contributed by atoms with Crippen molar-refractivity contribution in [3.05, 3.63) is 47.3 Å². The number of carbonyl (C=O) groups excluding carboxylic acids is 1. The quantitative estimate of drug-likeness (QED) is 0.743. The number of hydrogen-bond donors (Lipinski definition) is 1. The summed E-state index contributed by atoms with van der Waals surface area (Å²) < 4.78 is 1.88. The van der Waals surface area contributed by atoms with E-state index in [1.54, 1.807) is 24.1 Å². The van der Waals surface area contributed by atoms with Crippen LogP contribution < -0.4 is 0 Å². The van der Waals surface area contributed by atoms with Crippen molar-refractivity contribution in [3.63, 3.8) is 0 Å². The second-order valence-electron chi connectivity index (χ2n) is 6.61. The summed E-state index contributed by atoms with van der Waals surface area (Å²) in [7, 11) is 1.71. The first kappa shape index (κ1) is 17.3. The number of fused-ring (bicyclic) bond motifs is 1. The molecule has 2 aromatic heterocycles. The minimum absolute atomic E-state index is 0.0290. The zero-order chi connectivity index (χ0) is 19.0. The molecule has 0 radical (unpaired) electrons. The molecule has 1 atom stereocenters. The lowest BCUT2D eigenvalue weighted by Gasteiger charge is -2.27. The largest absolute Gasteiger partial charge is 0.387 e. The van der Waals surface area contributed by atoms with E-state index in [-0.39, 0.29) is 5.91 Å². The van der Waals surface area contributed by atoms with Gasteiger partial charge >= 0.3 is 0 Å². The lowest BCUT2D eigenvalue weighted by Crippen LogP contribution is -2.38. The molecule has 1 amide bonds. The predicted molar refractivity (Wildman–Crippen MR) is 96.5 cm³/mol. The van der Waals surface area contributed by atoms with Gasteiger partial charge in [0.25, 0.3) is 5.91 Å². The van der Waals surface area contributed by atoms with Crippen molar-refractivity contribution in [3.8, 4) is 11.4 Å². The van der Waals surface area contributed by atoms with Gasteiger partial charge in [0.05, 0.1) is 37.6 Å². The SMILES string of the molecule is CC[C@H](O)c1cc2n(n1)CCN(C(=O)c1ccc(-c3nnn(C)n3)cc1)C2. The van der Waals surface area contributed by atoms with Crippen LogP contribution >= 0.6 is 0 Å². The van der Waals surface area contributed by atoms with Crippen LogP contribution in [-0.4, -0.2) is 52.4 Å². The third-order valence-electron chi connectivity index (χ3n) is 4.73. The molecule has 0 saturated heterocycles. The number of carbonyl (C=O) groups is 1. The number of aromatic nitrogens is 6. The van der Waals surface area contributed by atoms with Crippen LogP contribution in [0.3, 0.4) is 0 Å². The van der Waals surface area contributed by atoms with E-state index in [2.05, 4.69) is 20.5 Å². The highest BCUT2D eigenvalue weighted by atomic mass is 16.3. The maximum absolute atomic E-state index is 12.9. The van der Waals surface area contributed by atoms with Gasteiger partial charge in [0.2, 0.25) is 5.82 Å². The van der Waals surface area contributed by atoms with E-state index in [9.17, 15) is 9.90 Å². The molecular weight excluding hydrogens is 346 g/mol. The summed E-state index contributed by atoms with van der Waals surface area (Å²) in [5.41, 5.74) is 3.04. The molecule has 0 bridgehead atoms. The van der Waals surface area contributed by atoms with Crippen molar-refractivity contribution < 1.29 is 9.90 Å². The normalized spacial score (nSPS) is 14.9. The highest BCUT2D eigenvalue weighted by molar-refractivity contribution is 5.94. The van der Waals surface area contributed by atoms with Crippen LogP contribution in [0.25, 0.3) is 11.4 Å². The smallest absolute Gasteiger partial charge is 0.254 e. The van der Waals surface area contributed by atoms with Crippen molar-refractivity contribution in [1.82, 2.24) is 34.9 Å². The van der Waals surface area contributed by atoms with E-state index in [4.69, 9.17) is 0 Å².